The van der Waals surface area contributed by atoms with Crippen molar-refractivity contribution in [3.63, 3.8) is 0 Å². The lowest BCUT2D eigenvalue weighted by Gasteiger charge is -2.22. The number of ether oxygens (including phenoxy) is 4. The fraction of sp³-hybridized carbons (Fsp3) is 0.364. The number of nitrogens with one attached hydrogen (secondary N) is 1. The summed E-state index contributed by atoms with van der Waals surface area (Å²) < 4.78 is 22.5. The van der Waals surface area contributed by atoms with Crippen LogP contribution in [-0.2, 0) is 4.79 Å². The average Bonchev–Trinajstić information content (AvgIpc) is 3.43. The summed E-state index contributed by atoms with van der Waals surface area (Å²) in [6.45, 7) is 5.31. The van der Waals surface area contributed by atoms with E-state index in [0.29, 0.717) is 18.4 Å². The van der Waals surface area contributed by atoms with Gasteiger partial charge in [0.1, 0.15) is 18.1 Å². The van der Waals surface area contributed by atoms with Gasteiger partial charge in [-0.15, -0.1) is 0 Å². The van der Waals surface area contributed by atoms with Gasteiger partial charge in [0, 0.05) is 19.5 Å². The zero-order chi connectivity index (χ0) is 27.0. The van der Waals surface area contributed by atoms with E-state index in [-0.39, 0.29) is 12.8 Å². The molecule has 0 bridgehead atoms. The maximum Gasteiger partial charge on any atom is 0.308 e. The van der Waals surface area contributed by atoms with Gasteiger partial charge in [0.15, 0.2) is 11.5 Å². The van der Waals surface area contributed by atoms with Crippen LogP contribution in [0.1, 0.15) is 69.1 Å². The van der Waals surface area contributed by atoms with Crippen molar-refractivity contribution in [2.24, 2.45) is 0 Å². The van der Waals surface area contributed by atoms with Crippen LogP contribution >= 0.6 is 0 Å². The Morgan fingerprint density at radius 3 is 2.15 bits per heavy atom. The SMILES string of the molecule is CC/C(=C(/c1ccc(OCCNC2CCCCC2)cc1)c1ccc(OC(C)=O)cc1)c1ccc2c(c1)OCO2. The zero-order valence-electron chi connectivity index (χ0n) is 22.8. The Bertz CT molecular complexity index is 1290. The molecule has 6 nitrogen and oxygen atoms in total. The van der Waals surface area contributed by atoms with Crippen molar-refractivity contribution in [3.8, 4) is 23.0 Å². The van der Waals surface area contributed by atoms with Crippen LogP contribution in [0.25, 0.3) is 11.1 Å². The molecule has 3 aromatic carbocycles. The predicted molar refractivity (Wildman–Crippen MR) is 153 cm³/mol. The minimum atomic E-state index is -0.336. The van der Waals surface area contributed by atoms with E-state index in [9.17, 15) is 4.79 Å². The molecule has 3 aromatic rings. The Morgan fingerprint density at radius 2 is 1.49 bits per heavy atom. The van der Waals surface area contributed by atoms with E-state index < -0.39 is 0 Å². The molecule has 1 fully saturated rings. The van der Waals surface area contributed by atoms with Crippen LogP contribution in [-0.4, -0.2) is 32.0 Å². The van der Waals surface area contributed by atoms with E-state index >= 15 is 0 Å². The topological polar surface area (TPSA) is 66.0 Å². The highest BCUT2D eigenvalue weighted by atomic mass is 16.7. The summed E-state index contributed by atoms with van der Waals surface area (Å²) in [4.78, 5) is 11.4. The van der Waals surface area contributed by atoms with Crippen LogP contribution in [0.4, 0.5) is 0 Å². The van der Waals surface area contributed by atoms with Crippen LogP contribution in [0, 0.1) is 0 Å². The van der Waals surface area contributed by atoms with Crippen LogP contribution in [0.15, 0.2) is 66.7 Å². The van der Waals surface area contributed by atoms with Crippen molar-refractivity contribution in [2.75, 3.05) is 19.9 Å². The van der Waals surface area contributed by atoms with Gasteiger partial charge in [-0.05, 0) is 83.5 Å². The molecular weight excluding hydrogens is 490 g/mol. The van der Waals surface area contributed by atoms with Crippen molar-refractivity contribution in [1.29, 1.82) is 0 Å². The monoisotopic (exact) mass is 527 g/mol. The third kappa shape index (κ3) is 6.82. The van der Waals surface area contributed by atoms with Gasteiger partial charge in [0.25, 0.3) is 0 Å². The molecule has 1 aliphatic carbocycles. The molecule has 6 heteroatoms. The largest absolute Gasteiger partial charge is 0.492 e. The first-order valence-electron chi connectivity index (χ1n) is 14.0. The van der Waals surface area contributed by atoms with E-state index in [2.05, 4.69) is 30.4 Å². The smallest absolute Gasteiger partial charge is 0.308 e. The molecule has 1 heterocycles. The van der Waals surface area contributed by atoms with E-state index in [4.69, 9.17) is 18.9 Å². The molecule has 0 amide bonds. The molecule has 5 rings (SSSR count). The Labute approximate surface area is 230 Å². The van der Waals surface area contributed by atoms with Crippen molar-refractivity contribution in [2.45, 2.75) is 58.4 Å². The third-order valence-corrected chi connectivity index (χ3v) is 7.33. The summed E-state index contributed by atoms with van der Waals surface area (Å²) in [5.41, 5.74) is 5.48. The fourth-order valence-electron chi connectivity index (χ4n) is 5.44. The summed E-state index contributed by atoms with van der Waals surface area (Å²) in [6.07, 6.45) is 7.38. The second-order valence-corrected chi connectivity index (χ2v) is 10.1. The van der Waals surface area contributed by atoms with E-state index in [1.165, 1.54) is 44.6 Å². The summed E-state index contributed by atoms with van der Waals surface area (Å²) in [7, 11) is 0. The van der Waals surface area contributed by atoms with Gasteiger partial charge in [0.2, 0.25) is 6.79 Å². The molecule has 0 unspecified atom stereocenters. The molecule has 1 saturated carbocycles. The summed E-state index contributed by atoms with van der Waals surface area (Å²) >= 11 is 0. The lowest BCUT2D eigenvalue weighted by atomic mass is 9.88. The van der Waals surface area contributed by atoms with Crippen LogP contribution in [0.2, 0.25) is 0 Å². The number of carbonyl (C=O) groups excluding carboxylic acids is 1. The van der Waals surface area contributed by atoms with Gasteiger partial charge in [-0.3, -0.25) is 4.79 Å². The van der Waals surface area contributed by atoms with Gasteiger partial charge in [-0.2, -0.15) is 0 Å². The average molecular weight is 528 g/mol. The number of rotatable bonds is 10. The molecule has 2 aliphatic rings. The first-order chi connectivity index (χ1) is 19.1. The number of hydrogen-bond donors (Lipinski definition) is 1. The van der Waals surface area contributed by atoms with Crippen molar-refractivity contribution in [1.82, 2.24) is 5.32 Å². The minimum absolute atomic E-state index is 0.242. The molecule has 0 atom stereocenters. The maximum atomic E-state index is 11.4. The Balaban J connectivity index is 1.40. The van der Waals surface area contributed by atoms with Gasteiger partial charge in [-0.25, -0.2) is 0 Å². The summed E-state index contributed by atoms with van der Waals surface area (Å²) in [5, 5.41) is 3.63. The van der Waals surface area contributed by atoms with Gasteiger partial charge in [-0.1, -0.05) is 56.5 Å². The highest BCUT2D eigenvalue weighted by molar-refractivity contribution is 5.99. The van der Waals surface area contributed by atoms with Gasteiger partial charge >= 0.3 is 5.97 Å². The third-order valence-electron chi connectivity index (χ3n) is 7.33. The Morgan fingerprint density at radius 1 is 0.846 bits per heavy atom. The molecular formula is C33H37NO5. The normalized spacial score (nSPS) is 15.5. The number of fused-ring (bicyclic) bond motifs is 1. The highest BCUT2D eigenvalue weighted by Gasteiger charge is 2.18. The second-order valence-electron chi connectivity index (χ2n) is 10.1. The van der Waals surface area contributed by atoms with Gasteiger partial charge in [0.05, 0.1) is 0 Å². The zero-order valence-corrected chi connectivity index (χ0v) is 22.8. The Hall–Kier alpha value is -3.77. The van der Waals surface area contributed by atoms with E-state index in [1.54, 1.807) is 0 Å². The molecule has 0 aromatic heterocycles. The van der Waals surface area contributed by atoms with Crippen LogP contribution in [0.3, 0.4) is 0 Å². The van der Waals surface area contributed by atoms with Crippen LogP contribution < -0.4 is 24.3 Å². The summed E-state index contributed by atoms with van der Waals surface area (Å²) in [6, 6.07) is 22.7. The Kier molecular flexibility index (Phi) is 8.84. The van der Waals surface area contributed by atoms with Crippen LogP contribution in [0.5, 0.6) is 23.0 Å². The van der Waals surface area contributed by atoms with Crippen molar-refractivity contribution >= 4 is 17.1 Å². The standard InChI is InChI=1S/C33H37NO5/c1-3-30(26-13-18-31-32(21-26)38-22-37-31)33(25-11-16-29(17-12-25)39-23(2)35)24-9-14-28(15-10-24)36-20-19-34-27-7-5-4-6-8-27/h9-18,21,27,34H,3-8,19-20,22H2,1-2H3/b33-30+. The highest BCUT2D eigenvalue weighted by Crippen LogP contribution is 2.40. The number of carbonyl (C=O) groups is 1. The molecule has 204 valence electrons. The van der Waals surface area contributed by atoms with E-state index in [0.717, 1.165) is 52.5 Å². The van der Waals surface area contributed by atoms with Crippen molar-refractivity contribution < 1.29 is 23.7 Å². The molecule has 0 spiro atoms. The number of hydrogen-bond acceptors (Lipinski definition) is 6. The van der Waals surface area contributed by atoms with Crippen molar-refractivity contribution in [3.05, 3.63) is 83.4 Å². The first kappa shape index (κ1) is 26.8. The molecule has 1 aliphatic heterocycles. The maximum absolute atomic E-state index is 11.4. The molecule has 1 N–H and O–H groups in total. The molecule has 39 heavy (non-hydrogen) atoms. The second kappa shape index (κ2) is 12.9. The van der Waals surface area contributed by atoms with E-state index in [1.807, 2.05) is 48.5 Å². The lowest BCUT2D eigenvalue weighted by molar-refractivity contribution is -0.131. The predicted octanol–water partition coefficient (Wildman–Crippen LogP) is 7.01. The number of benzene rings is 3. The number of esters is 1. The lowest BCUT2D eigenvalue weighted by Crippen LogP contribution is -2.34. The number of allylic oxidation sites excluding steroid dienone is 1. The molecule has 0 radical (unpaired) electrons. The minimum Gasteiger partial charge on any atom is -0.492 e. The fourth-order valence-corrected chi connectivity index (χ4v) is 5.44. The first-order valence-corrected chi connectivity index (χ1v) is 14.0. The quantitative estimate of drug-likeness (QED) is 0.132. The molecule has 0 saturated heterocycles. The van der Waals surface area contributed by atoms with Gasteiger partial charge < -0.3 is 24.3 Å². The summed E-state index contributed by atoms with van der Waals surface area (Å²) in [5.74, 6) is 2.57.